The van der Waals surface area contributed by atoms with Gasteiger partial charge < -0.3 is 14.2 Å². The van der Waals surface area contributed by atoms with Crippen LogP contribution in [0.5, 0.6) is 0 Å². The summed E-state index contributed by atoms with van der Waals surface area (Å²) in [6, 6.07) is 0. The second-order valence-corrected chi connectivity index (χ2v) is 17.4. The molecule has 0 spiro atoms. The van der Waals surface area contributed by atoms with Crippen molar-refractivity contribution in [3.05, 3.63) is 72.9 Å². The van der Waals surface area contributed by atoms with Crippen molar-refractivity contribution < 1.29 is 28.6 Å². The maximum atomic E-state index is 12.8. The van der Waals surface area contributed by atoms with Crippen LogP contribution >= 0.6 is 0 Å². The summed E-state index contributed by atoms with van der Waals surface area (Å²) < 4.78 is 16.8. The molecule has 0 aromatic rings. The topological polar surface area (TPSA) is 78.9 Å². The van der Waals surface area contributed by atoms with Gasteiger partial charge in [-0.25, -0.2) is 0 Å². The largest absolute Gasteiger partial charge is 0.462 e. The van der Waals surface area contributed by atoms with Gasteiger partial charge in [0.1, 0.15) is 13.2 Å². The predicted octanol–water partition coefficient (Wildman–Crippen LogP) is 17.4. The summed E-state index contributed by atoms with van der Waals surface area (Å²) in [5, 5.41) is 0. The van der Waals surface area contributed by atoms with E-state index in [1.807, 2.05) is 0 Å². The minimum Gasteiger partial charge on any atom is -0.462 e. The van der Waals surface area contributed by atoms with Crippen molar-refractivity contribution in [2.45, 2.75) is 258 Å². The molecule has 6 nitrogen and oxygen atoms in total. The molecule has 0 heterocycles. The first kappa shape index (κ1) is 59.9. The molecule has 0 fully saturated rings. The van der Waals surface area contributed by atoms with E-state index in [9.17, 15) is 14.4 Å². The Bertz CT molecular complexity index is 1190. The second kappa shape index (κ2) is 51.5. The molecule has 6 heteroatoms. The first-order chi connectivity index (χ1) is 31.0. The molecule has 1 unspecified atom stereocenters. The molecule has 0 aliphatic rings. The molecule has 362 valence electrons. The van der Waals surface area contributed by atoms with Crippen LogP contribution in [0.25, 0.3) is 0 Å². The molecule has 1 atom stereocenters. The number of carbonyl (C=O) groups is 3. The summed E-state index contributed by atoms with van der Waals surface area (Å²) in [5.74, 6) is -0.936. The van der Waals surface area contributed by atoms with E-state index >= 15 is 0 Å². The predicted molar refractivity (Wildman–Crippen MR) is 270 cm³/mol. The van der Waals surface area contributed by atoms with E-state index in [0.717, 1.165) is 109 Å². The number of rotatable bonds is 47. The van der Waals surface area contributed by atoms with Gasteiger partial charge in [0.2, 0.25) is 0 Å². The van der Waals surface area contributed by atoms with Crippen molar-refractivity contribution in [3.63, 3.8) is 0 Å². The molecule has 0 aromatic carbocycles. The van der Waals surface area contributed by atoms with E-state index < -0.39 is 6.10 Å². The van der Waals surface area contributed by atoms with E-state index in [1.54, 1.807) is 0 Å². The summed E-state index contributed by atoms with van der Waals surface area (Å²) in [5.41, 5.74) is 0. The van der Waals surface area contributed by atoms with Gasteiger partial charge in [0.05, 0.1) is 0 Å². The van der Waals surface area contributed by atoms with Crippen LogP contribution in [0, 0.1) is 0 Å². The number of allylic oxidation sites excluding steroid dienone is 12. The smallest absolute Gasteiger partial charge is 0.306 e. The first-order valence-electron chi connectivity index (χ1n) is 26.4. The lowest BCUT2D eigenvalue weighted by atomic mass is 10.1. The van der Waals surface area contributed by atoms with Crippen molar-refractivity contribution in [2.75, 3.05) is 13.2 Å². The minimum absolute atomic E-state index is 0.0924. The Balaban J connectivity index is 4.43. The van der Waals surface area contributed by atoms with Crippen LogP contribution in [0.1, 0.15) is 252 Å². The summed E-state index contributed by atoms with van der Waals surface area (Å²) in [7, 11) is 0. The van der Waals surface area contributed by atoms with Gasteiger partial charge in [0, 0.05) is 19.3 Å². The van der Waals surface area contributed by atoms with Crippen LogP contribution in [0.15, 0.2) is 72.9 Å². The number of hydrogen-bond donors (Lipinski definition) is 0. The highest BCUT2D eigenvalue weighted by molar-refractivity contribution is 5.71. The Labute approximate surface area is 389 Å². The van der Waals surface area contributed by atoms with E-state index in [0.29, 0.717) is 19.3 Å². The number of esters is 3. The average Bonchev–Trinajstić information content (AvgIpc) is 3.28. The lowest BCUT2D eigenvalue weighted by Gasteiger charge is -2.18. The highest BCUT2D eigenvalue weighted by Crippen LogP contribution is 2.14. The number of unbranched alkanes of at least 4 members (excludes halogenated alkanes) is 24. The number of carbonyl (C=O) groups excluding carboxylic acids is 3. The molecule has 0 aliphatic heterocycles. The van der Waals surface area contributed by atoms with E-state index in [-0.39, 0.29) is 31.1 Å². The third-order valence-corrected chi connectivity index (χ3v) is 11.2. The molecule has 0 aromatic heterocycles. The Hall–Kier alpha value is -3.15. The van der Waals surface area contributed by atoms with E-state index in [1.165, 1.54) is 103 Å². The molecule has 0 aliphatic carbocycles. The number of ether oxygens (including phenoxy) is 3. The molecule has 0 saturated heterocycles. The van der Waals surface area contributed by atoms with Crippen LogP contribution < -0.4 is 0 Å². The van der Waals surface area contributed by atoms with Crippen LogP contribution in [-0.2, 0) is 28.6 Å². The average molecular weight is 879 g/mol. The molecular weight excluding hydrogens is 781 g/mol. The standard InChI is InChI=1S/C57H98O6/c1-4-7-10-13-16-19-22-25-27-28-30-32-35-38-41-44-47-50-56(59)62-53-54(52-61-55(58)49-46-43-40-37-34-31-24-21-18-15-12-9-6-3)63-57(60)51-48-45-42-39-36-33-29-26-23-20-17-14-11-8-5-2/h9,12,16,18-19,21,25-27,29,31,34,54H,4-8,10-11,13-15,17,20,22-24,28,30,32-33,35-53H2,1-3H3/b12-9-,19-16-,21-18-,27-25-,29-26-,34-31-. The maximum absolute atomic E-state index is 12.8. The van der Waals surface area contributed by atoms with Crippen molar-refractivity contribution in [3.8, 4) is 0 Å². The molecule has 63 heavy (non-hydrogen) atoms. The fourth-order valence-electron chi connectivity index (χ4n) is 7.19. The van der Waals surface area contributed by atoms with Crippen molar-refractivity contribution in [2.24, 2.45) is 0 Å². The fraction of sp³-hybridized carbons (Fsp3) is 0.737. The maximum Gasteiger partial charge on any atom is 0.306 e. The van der Waals surface area contributed by atoms with Crippen LogP contribution in [0.3, 0.4) is 0 Å². The van der Waals surface area contributed by atoms with Crippen LogP contribution in [-0.4, -0.2) is 37.2 Å². The molecule has 0 bridgehead atoms. The van der Waals surface area contributed by atoms with Gasteiger partial charge >= 0.3 is 17.9 Å². The Kier molecular flexibility index (Phi) is 48.9. The second-order valence-electron chi connectivity index (χ2n) is 17.4. The highest BCUT2D eigenvalue weighted by atomic mass is 16.6. The molecule has 0 saturated carbocycles. The Morgan fingerprint density at radius 2 is 0.619 bits per heavy atom. The zero-order valence-corrected chi connectivity index (χ0v) is 41.3. The molecule has 0 rings (SSSR count). The highest BCUT2D eigenvalue weighted by Gasteiger charge is 2.19. The van der Waals surface area contributed by atoms with Gasteiger partial charge in [-0.3, -0.25) is 14.4 Å². The van der Waals surface area contributed by atoms with Gasteiger partial charge in [0.25, 0.3) is 0 Å². The monoisotopic (exact) mass is 879 g/mol. The zero-order valence-electron chi connectivity index (χ0n) is 41.3. The normalized spacial score (nSPS) is 12.6. The Morgan fingerprint density at radius 3 is 1.03 bits per heavy atom. The van der Waals surface area contributed by atoms with Gasteiger partial charge in [-0.1, -0.05) is 196 Å². The quantitative estimate of drug-likeness (QED) is 0.0262. The lowest BCUT2D eigenvalue weighted by Crippen LogP contribution is -2.30. The van der Waals surface area contributed by atoms with Gasteiger partial charge in [-0.15, -0.1) is 0 Å². The number of hydrogen-bond acceptors (Lipinski definition) is 6. The fourth-order valence-corrected chi connectivity index (χ4v) is 7.19. The lowest BCUT2D eigenvalue weighted by molar-refractivity contribution is -0.167. The Morgan fingerprint density at radius 1 is 0.333 bits per heavy atom. The SMILES string of the molecule is CC/C=C\C/C=C\C/C=C\CCCCCC(=O)OCC(COC(=O)CCCCCCCCC/C=C\C/C=C\CCCCC)OC(=O)CCCCCCC/C=C\CCCCCCCC. The van der Waals surface area contributed by atoms with Crippen molar-refractivity contribution in [1.29, 1.82) is 0 Å². The molecule has 0 amide bonds. The first-order valence-corrected chi connectivity index (χ1v) is 26.4. The summed E-state index contributed by atoms with van der Waals surface area (Å²) >= 11 is 0. The van der Waals surface area contributed by atoms with E-state index in [2.05, 4.69) is 93.7 Å². The third-order valence-electron chi connectivity index (χ3n) is 11.2. The zero-order chi connectivity index (χ0) is 45.8. The third kappa shape index (κ3) is 49.7. The van der Waals surface area contributed by atoms with Gasteiger partial charge in [-0.2, -0.15) is 0 Å². The summed E-state index contributed by atoms with van der Waals surface area (Å²) in [6.45, 7) is 6.46. The van der Waals surface area contributed by atoms with Gasteiger partial charge in [-0.05, 0) is 109 Å². The van der Waals surface area contributed by atoms with Crippen LogP contribution in [0.2, 0.25) is 0 Å². The molecule has 0 N–H and O–H groups in total. The van der Waals surface area contributed by atoms with Crippen LogP contribution in [0.4, 0.5) is 0 Å². The summed E-state index contributed by atoms with van der Waals surface area (Å²) in [4.78, 5) is 38.0. The van der Waals surface area contributed by atoms with Gasteiger partial charge in [0.15, 0.2) is 6.10 Å². The van der Waals surface area contributed by atoms with E-state index in [4.69, 9.17) is 14.2 Å². The molecular formula is C57H98O6. The molecule has 0 radical (unpaired) electrons. The van der Waals surface area contributed by atoms with Crippen molar-refractivity contribution >= 4 is 17.9 Å². The minimum atomic E-state index is -0.794. The summed E-state index contributed by atoms with van der Waals surface area (Å²) in [6.07, 6.45) is 64.5. The van der Waals surface area contributed by atoms with Crippen molar-refractivity contribution in [1.82, 2.24) is 0 Å².